The highest BCUT2D eigenvalue weighted by Gasteiger charge is 2.47. The number of aromatic amines is 1. The van der Waals surface area contributed by atoms with Gasteiger partial charge in [-0.3, -0.25) is 13.9 Å². The number of rotatable bonds is 6. The third-order valence-electron chi connectivity index (χ3n) is 5.45. The average Bonchev–Trinajstić information content (AvgIpc) is 2.92. The summed E-state index contributed by atoms with van der Waals surface area (Å²) < 4.78 is 37.1. The van der Waals surface area contributed by atoms with E-state index < -0.39 is 49.3 Å². The zero-order valence-electron chi connectivity index (χ0n) is 16.9. The van der Waals surface area contributed by atoms with E-state index in [4.69, 9.17) is 31.3 Å². The maximum absolute atomic E-state index is 14.0. The van der Waals surface area contributed by atoms with E-state index in [1.54, 1.807) is 6.92 Å². The van der Waals surface area contributed by atoms with Gasteiger partial charge in [-0.2, -0.15) is 0 Å². The van der Waals surface area contributed by atoms with Crippen LogP contribution in [0.15, 0.2) is 11.0 Å². The van der Waals surface area contributed by atoms with Gasteiger partial charge in [-0.25, -0.2) is 13.9 Å². The Balaban J connectivity index is 1.97. The minimum atomic E-state index is -4.81. The number of nitrogens with one attached hydrogen (secondary N) is 1. The van der Waals surface area contributed by atoms with Gasteiger partial charge in [0.05, 0.1) is 11.7 Å². The summed E-state index contributed by atoms with van der Waals surface area (Å²) in [5.74, 6) is -0.989. The Morgan fingerprint density at radius 1 is 1.42 bits per heavy atom. The summed E-state index contributed by atoms with van der Waals surface area (Å²) in [6.45, 7) is 4.48. The lowest BCUT2D eigenvalue weighted by molar-refractivity contribution is -0.0701. The average molecular weight is 479 g/mol. The number of phosphoric ester groups is 1. The zero-order chi connectivity index (χ0) is 23.3. The largest absolute Gasteiger partial charge is 0.470 e. The van der Waals surface area contributed by atoms with Crippen LogP contribution in [-0.2, 0) is 13.8 Å². The third-order valence-corrected chi connectivity index (χ3v) is 6.43. The van der Waals surface area contributed by atoms with E-state index in [9.17, 15) is 24.0 Å². The minimum absolute atomic E-state index is 0.0215. The van der Waals surface area contributed by atoms with Crippen LogP contribution < -0.4 is 5.56 Å². The number of hydrogen-bond donors (Lipinski definition) is 5. The lowest BCUT2D eigenvalue weighted by Gasteiger charge is -2.31. The SMILES string of the molecule is CCC(C)(C[C@H]1O[C@@H](n2cc3c(C)c(F)c(=O)[nH]c3nc2=S)[C@@H](O)C1O)OP(=O)(O)O. The first-order valence-electron chi connectivity index (χ1n) is 9.35. The van der Waals surface area contributed by atoms with Gasteiger partial charge in [0.1, 0.15) is 17.9 Å². The lowest BCUT2D eigenvalue weighted by Crippen LogP contribution is -2.38. The predicted molar refractivity (Wildman–Crippen MR) is 108 cm³/mol. The van der Waals surface area contributed by atoms with Crippen molar-refractivity contribution in [2.75, 3.05) is 0 Å². The molecule has 5 atom stereocenters. The van der Waals surface area contributed by atoms with Crippen LogP contribution in [0.25, 0.3) is 11.0 Å². The van der Waals surface area contributed by atoms with E-state index >= 15 is 0 Å². The highest BCUT2D eigenvalue weighted by Crippen LogP contribution is 2.46. The quantitative estimate of drug-likeness (QED) is 0.300. The van der Waals surface area contributed by atoms with Gasteiger partial charge in [-0.05, 0) is 32.5 Å². The number of aromatic nitrogens is 3. The van der Waals surface area contributed by atoms with Gasteiger partial charge in [0.15, 0.2) is 12.0 Å². The highest BCUT2D eigenvalue weighted by atomic mass is 32.1. The first kappa shape index (κ1) is 24.1. The van der Waals surface area contributed by atoms with Crippen molar-refractivity contribution in [3.05, 3.63) is 32.7 Å². The van der Waals surface area contributed by atoms with E-state index in [-0.39, 0.29) is 34.2 Å². The number of aryl methyl sites for hydroxylation is 1. The maximum atomic E-state index is 14.0. The highest BCUT2D eigenvalue weighted by molar-refractivity contribution is 7.71. The molecule has 2 aromatic rings. The molecule has 0 amide bonds. The molecule has 2 aromatic heterocycles. The Hall–Kier alpha value is -1.57. The number of aliphatic hydroxyl groups is 2. The molecule has 0 spiro atoms. The fourth-order valence-corrected chi connectivity index (χ4v) is 4.58. The molecule has 1 aliphatic heterocycles. The van der Waals surface area contributed by atoms with E-state index in [0.717, 1.165) is 0 Å². The van der Waals surface area contributed by atoms with E-state index in [1.807, 2.05) is 0 Å². The number of phosphoric acid groups is 1. The normalized spacial score (nSPS) is 26.3. The van der Waals surface area contributed by atoms with Crippen LogP contribution >= 0.6 is 20.0 Å². The van der Waals surface area contributed by atoms with Gasteiger partial charge < -0.3 is 29.7 Å². The van der Waals surface area contributed by atoms with Crippen molar-refractivity contribution in [2.45, 2.75) is 63.8 Å². The van der Waals surface area contributed by atoms with Crippen LogP contribution in [0.3, 0.4) is 0 Å². The molecule has 1 aliphatic rings. The molecule has 11 nitrogen and oxygen atoms in total. The number of fused-ring (bicyclic) bond motifs is 1. The molecular formula is C17H23FN3O8PS. The second-order valence-electron chi connectivity index (χ2n) is 7.72. The fraction of sp³-hybridized carbons (Fsp3) is 0.588. The number of halogens is 1. The monoisotopic (exact) mass is 479 g/mol. The number of pyridine rings is 1. The summed E-state index contributed by atoms with van der Waals surface area (Å²) >= 11 is 5.21. The molecule has 3 rings (SSSR count). The van der Waals surface area contributed by atoms with Crippen LogP contribution in [0.5, 0.6) is 0 Å². The minimum Gasteiger partial charge on any atom is -0.388 e. The molecule has 0 saturated carbocycles. The Labute approximate surface area is 180 Å². The van der Waals surface area contributed by atoms with Crippen LogP contribution in [0.1, 0.15) is 38.5 Å². The Morgan fingerprint density at radius 2 is 2.06 bits per heavy atom. The molecule has 14 heteroatoms. The van der Waals surface area contributed by atoms with Crippen molar-refractivity contribution >= 4 is 31.1 Å². The second kappa shape index (κ2) is 8.41. The van der Waals surface area contributed by atoms with E-state index in [1.165, 1.54) is 24.6 Å². The van der Waals surface area contributed by atoms with Crippen molar-refractivity contribution in [1.82, 2.24) is 14.5 Å². The van der Waals surface area contributed by atoms with Crippen molar-refractivity contribution in [2.24, 2.45) is 0 Å². The molecule has 172 valence electrons. The summed E-state index contributed by atoms with van der Waals surface area (Å²) in [5, 5.41) is 21.3. The Morgan fingerprint density at radius 3 is 2.65 bits per heavy atom. The van der Waals surface area contributed by atoms with E-state index in [0.29, 0.717) is 0 Å². The van der Waals surface area contributed by atoms with Gasteiger partial charge >= 0.3 is 7.82 Å². The van der Waals surface area contributed by atoms with Crippen molar-refractivity contribution in [1.29, 1.82) is 0 Å². The summed E-state index contributed by atoms with van der Waals surface area (Å²) in [4.78, 5) is 36.3. The smallest absolute Gasteiger partial charge is 0.388 e. The topological polar surface area (TPSA) is 167 Å². The Bertz CT molecular complexity index is 1170. The van der Waals surface area contributed by atoms with Crippen LogP contribution in [0.2, 0.25) is 0 Å². The van der Waals surface area contributed by atoms with E-state index in [2.05, 4.69) is 9.97 Å². The number of aliphatic hydroxyl groups excluding tert-OH is 2. The van der Waals surface area contributed by atoms with Gasteiger partial charge in [0.25, 0.3) is 5.56 Å². The lowest BCUT2D eigenvalue weighted by atomic mass is 9.93. The van der Waals surface area contributed by atoms with Crippen molar-refractivity contribution < 1.29 is 38.2 Å². The fourth-order valence-electron chi connectivity index (χ4n) is 3.56. The van der Waals surface area contributed by atoms with Gasteiger partial charge in [0.2, 0.25) is 4.77 Å². The molecule has 31 heavy (non-hydrogen) atoms. The summed E-state index contributed by atoms with van der Waals surface area (Å²) in [6.07, 6.45) is -3.76. The molecule has 0 aromatic carbocycles. The molecule has 5 N–H and O–H groups in total. The molecule has 1 saturated heterocycles. The van der Waals surface area contributed by atoms with Crippen LogP contribution in [0.4, 0.5) is 4.39 Å². The van der Waals surface area contributed by atoms with Crippen LogP contribution in [0, 0.1) is 17.5 Å². The molecular weight excluding hydrogens is 456 g/mol. The predicted octanol–water partition coefficient (Wildman–Crippen LogP) is 1.19. The van der Waals surface area contributed by atoms with Crippen molar-refractivity contribution in [3.63, 3.8) is 0 Å². The van der Waals surface area contributed by atoms with Crippen molar-refractivity contribution in [3.8, 4) is 0 Å². The zero-order valence-corrected chi connectivity index (χ0v) is 18.6. The third kappa shape index (κ3) is 4.78. The summed E-state index contributed by atoms with van der Waals surface area (Å²) in [5.41, 5.74) is -2.21. The summed E-state index contributed by atoms with van der Waals surface area (Å²) in [7, 11) is -4.81. The standard InChI is InChI=1S/C17H23FN3O8PS/c1-4-17(3,29-30(25,26)27)5-9-11(22)12(23)15(28-9)21-6-8-7(2)10(18)14(24)19-13(8)20-16(21)31/h6,9,11-12,15,22-23H,4-5H2,1-3H3,(H2,25,26,27)(H,19,20,24,31)/t9-,11?,12+,15-,17?/m1/s1. The van der Waals surface area contributed by atoms with Gasteiger partial charge in [-0.1, -0.05) is 6.92 Å². The second-order valence-corrected chi connectivity index (χ2v) is 9.25. The summed E-state index contributed by atoms with van der Waals surface area (Å²) in [6, 6.07) is 0. The number of ether oxygens (including phenoxy) is 1. The molecule has 0 aliphatic carbocycles. The first-order chi connectivity index (χ1) is 14.3. The number of hydrogen-bond acceptors (Lipinski definition) is 8. The van der Waals surface area contributed by atoms with Crippen LogP contribution in [-0.4, -0.2) is 58.4 Å². The molecule has 2 unspecified atom stereocenters. The maximum Gasteiger partial charge on any atom is 0.470 e. The van der Waals surface area contributed by atoms with Gasteiger partial charge in [0, 0.05) is 23.6 Å². The molecule has 0 radical (unpaired) electrons. The molecule has 1 fully saturated rings. The molecule has 3 heterocycles. The van der Waals surface area contributed by atoms with Gasteiger partial charge in [-0.15, -0.1) is 0 Å². The molecule has 0 bridgehead atoms. The first-order valence-corrected chi connectivity index (χ1v) is 11.3. The Kier molecular flexibility index (Phi) is 6.53. The number of nitrogens with zero attached hydrogens (tertiary/aromatic N) is 2. The number of H-pyrrole nitrogens is 1.